The Kier molecular flexibility index (Phi) is 5.89. The van der Waals surface area contributed by atoms with Crippen LogP contribution >= 0.6 is 0 Å². The molecule has 0 saturated carbocycles. The largest absolute Gasteiger partial charge is 0.467 e. The normalized spacial score (nSPS) is 10.4. The van der Waals surface area contributed by atoms with Gasteiger partial charge >= 0.3 is 0 Å². The summed E-state index contributed by atoms with van der Waals surface area (Å²) in [7, 11) is 0. The quantitative estimate of drug-likeness (QED) is 0.561. The number of rotatable bonds is 7. The number of carbonyl (C=O) groups is 2. The zero-order chi connectivity index (χ0) is 19.1. The number of nitrogen functional groups attached to an aromatic ring is 1. The van der Waals surface area contributed by atoms with Gasteiger partial charge in [-0.1, -0.05) is 18.2 Å². The van der Waals surface area contributed by atoms with Gasteiger partial charge in [0.2, 0.25) is 5.91 Å². The van der Waals surface area contributed by atoms with Gasteiger partial charge in [-0.05, 0) is 54.4 Å². The average Bonchev–Trinajstić information content (AvgIpc) is 3.20. The second-order valence-electron chi connectivity index (χ2n) is 6.09. The number of anilines is 2. The zero-order valence-electron chi connectivity index (χ0n) is 14.8. The average molecular weight is 363 g/mol. The number of amides is 2. The van der Waals surface area contributed by atoms with Crippen molar-refractivity contribution < 1.29 is 14.0 Å². The van der Waals surface area contributed by atoms with Crippen molar-refractivity contribution in [1.82, 2.24) is 5.32 Å². The van der Waals surface area contributed by atoms with E-state index in [0.717, 1.165) is 5.56 Å². The van der Waals surface area contributed by atoms with Crippen LogP contribution in [0.25, 0.3) is 0 Å². The number of aryl methyl sites for hydroxylation is 1. The summed E-state index contributed by atoms with van der Waals surface area (Å²) >= 11 is 0. The third-order valence-corrected chi connectivity index (χ3v) is 4.11. The molecule has 0 saturated heterocycles. The van der Waals surface area contributed by atoms with Gasteiger partial charge in [0.15, 0.2) is 0 Å². The third-order valence-electron chi connectivity index (χ3n) is 4.11. The van der Waals surface area contributed by atoms with Gasteiger partial charge < -0.3 is 20.8 Å². The predicted molar refractivity (Wildman–Crippen MR) is 104 cm³/mol. The maximum Gasteiger partial charge on any atom is 0.251 e. The molecule has 0 bridgehead atoms. The lowest BCUT2D eigenvalue weighted by Crippen LogP contribution is -2.22. The Hall–Kier alpha value is -3.54. The number of carbonyl (C=O) groups excluding carboxylic acids is 2. The molecule has 0 atom stereocenters. The van der Waals surface area contributed by atoms with Gasteiger partial charge in [-0.25, -0.2) is 0 Å². The zero-order valence-corrected chi connectivity index (χ0v) is 14.8. The van der Waals surface area contributed by atoms with Crippen LogP contribution in [0.4, 0.5) is 11.4 Å². The summed E-state index contributed by atoms with van der Waals surface area (Å²) in [6.07, 6.45) is 2.47. The van der Waals surface area contributed by atoms with Gasteiger partial charge in [0.05, 0.1) is 12.8 Å². The fraction of sp³-hybridized carbons (Fsp3) is 0.143. The molecule has 6 heteroatoms. The van der Waals surface area contributed by atoms with E-state index in [1.165, 1.54) is 0 Å². The van der Waals surface area contributed by atoms with Crippen LogP contribution in [0.2, 0.25) is 0 Å². The van der Waals surface area contributed by atoms with E-state index < -0.39 is 0 Å². The highest BCUT2D eigenvalue weighted by Crippen LogP contribution is 2.14. The van der Waals surface area contributed by atoms with Crippen LogP contribution in [0.15, 0.2) is 71.3 Å². The number of hydrogen-bond donors (Lipinski definition) is 3. The van der Waals surface area contributed by atoms with Gasteiger partial charge in [-0.15, -0.1) is 0 Å². The third kappa shape index (κ3) is 5.22. The van der Waals surface area contributed by atoms with Crippen molar-refractivity contribution in [2.75, 3.05) is 11.1 Å². The first-order chi connectivity index (χ1) is 13.1. The van der Waals surface area contributed by atoms with Crippen molar-refractivity contribution in [3.63, 3.8) is 0 Å². The van der Waals surface area contributed by atoms with Crippen molar-refractivity contribution >= 4 is 23.2 Å². The maximum absolute atomic E-state index is 12.1. The molecule has 3 rings (SSSR count). The van der Waals surface area contributed by atoms with Crippen molar-refractivity contribution in [1.29, 1.82) is 0 Å². The van der Waals surface area contributed by atoms with E-state index in [-0.39, 0.29) is 11.8 Å². The summed E-state index contributed by atoms with van der Waals surface area (Å²) in [6, 6.07) is 17.8. The number of benzene rings is 2. The first-order valence-corrected chi connectivity index (χ1v) is 8.66. The smallest absolute Gasteiger partial charge is 0.251 e. The van der Waals surface area contributed by atoms with E-state index in [1.807, 2.05) is 24.3 Å². The second-order valence-corrected chi connectivity index (χ2v) is 6.09. The monoisotopic (exact) mass is 363 g/mol. The molecule has 3 aromatic rings. The van der Waals surface area contributed by atoms with E-state index >= 15 is 0 Å². The Morgan fingerprint density at radius 1 is 0.963 bits per heavy atom. The van der Waals surface area contributed by atoms with Crippen LogP contribution in [0, 0.1) is 0 Å². The first kappa shape index (κ1) is 18.3. The molecular weight excluding hydrogens is 342 g/mol. The standard InChI is InChI=1S/C21H21N3O3/c22-19-6-2-1-4-15(19)9-12-20(25)24-17-10-7-16(8-11-17)21(26)23-14-18-5-3-13-27-18/h1-8,10-11,13H,9,12,14,22H2,(H,23,26)(H,24,25). The number of hydrogen-bond acceptors (Lipinski definition) is 4. The Morgan fingerprint density at radius 2 is 1.74 bits per heavy atom. The topological polar surface area (TPSA) is 97.4 Å². The fourth-order valence-electron chi connectivity index (χ4n) is 2.62. The molecule has 0 fully saturated rings. The van der Waals surface area contributed by atoms with E-state index in [1.54, 1.807) is 42.7 Å². The van der Waals surface area contributed by atoms with Gasteiger partial charge in [0, 0.05) is 23.4 Å². The number of para-hydroxylation sites is 1. The summed E-state index contributed by atoms with van der Waals surface area (Å²) < 4.78 is 5.17. The van der Waals surface area contributed by atoms with Crippen LogP contribution in [0.3, 0.4) is 0 Å². The Labute approximate surface area is 157 Å². The van der Waals surface area contributed by atoms with Crippen LogP contribution in [0.5, 0.6) is 0 Å². The highest BCUT2D eigenvalue weighted by Gasteiger charge is 2.08. The van der Waals surface area contributed by atoms with Crippen LogP contribution in [-0.2, 0) is 17.8 Å². The molecule has 4 N–H and O–H groups in total. The molecule has 2 aromatic carbocycles. The first-order valence-electron chi connectivity index (χ1n) is 8.66. The van der Waals surface area contributed by atoms with Crippen molar-refractivity contribution in [3.05, 3.63) is 83.8 Å². The summed E-state index contributed by atoms with van der Waals surface area (Å²) in [5.41, 5.74) is 8.68. The summed E-state index contributed by atoms with van der Waals surface area (Å²) in [6.45, 7) is 0.326. The Morgan fingerprint density at radius 3 is 2.44 bits per heavy atom. The molecule has 1 heterocycles. The lowest BCUT2D eigenvalue weighted by atomic mass is 10.1. The summed E-state index contributed by atoms with van der Waals surface area (Å²) in [4.78, 5) is 24.2. The highest BCUT2D eigenvalue weighted by molar-refractivity contribution is 5.95. The second kappa shape index (κ2) is 8.71. The molecule has 1 aromatic heterocycles. The van der Waals surface area contributed by atoms with Crippen LogP contribution < -0.4 is 16.4 Å². The summed E-state index contributed by atoms with van der Waals surface area (Å²) in [5, 5.41) is 5.60. The molecule has 0 aliphatic heterocycles. The lowest BCUT2D eigenvalue weighted by Gasteiger charge is -2.08. The minimum Gasteiger partial charge on any atom is -0.467 e. The molecule has 2 amide bonds. The van der Waals surface area contributed by atoms with Gasteiger partial charge in [-0.2, -0.15) is 0 Å². The Balaban J connectivity index is 1.48. The molecule has 138 valence electrons. The molecule has 0 unspecified atom stereocenters. The van der Waals surface area contributed by atoms with E-state index in [0.29, 0.717) is 42.1 Å². The fourth-order valence-corrected chi connectivity index (χ4v) is 2.62. The molecule has 27 heavy (non-hydrogen) atoms. The van der Waals surface area contributed by atoms with E-state index in [9.17, 15) is 9.59 Å². The van der Waals surface area contributed by atoms with E-state index in [2.05, 4.69) is 10.6 Å². The number of nitrogens with two attached hydrogens (primary N) is 1. The maximum atomic E-state index is 12.1. The predicted octanol–water partition coefficient (Wildman–Crippen LogP) is 3.36. The van der Waals surface area contributed by atoms with Gasteiger partial charge in [0.25, 0.3) is 5.91 Å². The van der Waals surface area contributed by atoms with Crippen molar-refractivity contribution in [3.8, 4) is 0 Å². The summed E-state index contributed by atoms with van der Waals surface area (Å²) in [5.74, 6) is 0.378. The molecule has 0 aliphatic carbocycles. The van der Waals surface area contributed by atoms with Gasteiger partial charge in [-0.3, -0.25) is 9.59 Å². The molecule has 6 nitrogen and oxygen atoms in total. The minimum atomic E-state index is -0.205. The van der Waals surface area contributed by atoms with Crippen LogP contribution in [-0.4, -0.2) is 11.8 Å². The molecule has 0 radical (unpaired) electrons. The minimum absolute atomic E-state index is 0.103. The van der Waals surface area contributed by atoms with Crippen LogP contribution in [0.1, 0.15) is 28.1 Å². The molecule has 0 spiro atoms. The lowest BCUT2D eigenvalue weighted by molar-refractivity contribution is -0.116. The van der Waals surface area contributed by atoms with Crippen molar-refractivity contribution in [2.24, 2.45) is 0 Å². The SMILES string of the molecule is Nc1ccccc1CCC(=O)Nc1ccc(C(=O)NCc2ccco2)cc1. The Bertz CT molecular complexity index is 903. The highest BCUT2D eigenvalue weighted by atomic mass is 16.3. The van der Waals surface area contributed by atoms with E-state index in [4.69, 9.17) is 10.2 Å². The van der Waals surface area contributed by atoms with Crippen molar-refractivity contribution in [2.45, 2.75) is 19.4 Å². The molecular formula is C21H21N3O3. The number of nitrogens with one attached hydrogen (secondary N) is 2. The van der Waals surface area contributed by atoms with Gasteiger partial charge in [0.1, 0.15) is 5.76 Å². The number of furan rings is 1. The molecule has 0 aliphatic rings.